The second-order valence-corrected chi connectivity index (χ2v) is 8.48. The number of carboxylic acids is 1. The zero-order valence-corrected chi connectivity index (χ0v) is 16.0. The molecule has 1 aromatic heterocycles. The summed E-state index contributed by atoms with van der Waals surface area (Å²) in [6.45, 7) is 0. The number of sulfonamides is 1. The molecule has 0 spiro atoms. The average Bonchev–Trinajstić information content (AvgIpc) is 3.10. The summed E-state index contributed by atoms with van der Waals surface area (Å²) in [7, 11) is -4.07. The molecule has 0 bridgehead atoms. The van der Waals surface area contributed by atoms with Gasteiger partial charge in [-0.3, -0.25) is 4.79 Å². The molecule has 0 radical (unpaired) electrons. The van der Waals surface area contributed by atoms with Gasteiger partial charge in [0, 0.05) is 23.5 Å². The molecule has 29 heavy (non-hydrogen) atoms. The van der Waals surface area contributed by atoms with E-state index in [4.69, 9.17) is 0 Å². The zero-order chi connectivity index (χ0) is 20.6. The van der Waals surface area contributed by atoms with Gasteiger partial charge in [-0.2, -0.15) is 4.72 Å². The van der Waals surface area contributed by atoms with Gasteiger partial charge in [-0.05, 0) is 46.7 Å². The molecule has 0 amide bonds. The summed E-state index contributed by atoms with van der Waals surface area (Å²) in [6.07, 6.45) is 1.69. The molecule has 1 atom stereocenters. The Kier molecular flexibility index (Phi) is 4.73. The van der Waals surface area contributed by atoms with Gasteiger partial charge in [0.2, 0.25) is 10.0 Å². The standard InChI is InChI=1S/C21H18N2O5S/c24-16-7-5-14-10-17(8-6-13(14)9-16)29(27,28)23-20(21(25)26)11-15-12-22-19-4-2-1-3-18(15)19/h1-10,12,20,22-24H,11H2,(H,25,26)/t20-/m1/s1. The van der Waals surface area contributed by atoms with Gasteiger partial charge in [-0.1, -0.05) is 30.3 Å². The zero-order valence-electron chi connectivity index (χ0n) is 15.2. The first kappa shape index (κ1) is 19.0. The van der Waals surface area contributed by atoms with Crippen molar-refractivity contribution in [2.24, 2.45) is 0 Å². The lowest BCUT2D eigenvalue weighted by Crippen LogP contribution is -2.42. The lowest BCUT2D eigenvalue weighted by Gasteiger charge is -2.15. The van der Waals surface area contributed by atoms with Crippen LogP contribution in [0.15, 0.2) is 71.8 Å². The van der Waals surface area contributed by atoms with Gasteiger partial charge in [-0.15, -0.1) is 0 Å². The highest BCUT2D eigenvalue weighted by atomic mass is 32.2. The summed E-state index contributed by atoms with van der Waals surface area (Å²) in [5, 5.41) is 21.3. The number of phenolic OH excluding ortho intramolecular Hbond substituents is 1. The molecule has 0 aliphatic rings. The fraction of sp³-hybridized carbons (Fsp3) is 0.0952. The van der Waals surface area contributed by atoms with Gasteiger partial charge in [0.25, 0.3) is 0 Å². The molecular weight excluding hydrogens is 392 g/mol. The summed E-state index contributed by atoms with van der Waals surface area (Å²) in [6, 6.07) is 15.1. The van der Waals surface area contributed by atoms with Gasteiger partial charge in [0.15, 0.2) is 0 Å². The van der Waals surface area contributed by atoms with Crippen LogP contribution in [0.25, 0.3) is 21.7 Å². The molecule has 0 unspecified atom stereocenters. The number of para-hydroxylation sites is 1. The molecule has 0 fully saturated rings. The van der Waals surface area contributed by atoms with Crippen LogP contribution >= 0.6 is 0 Å². The number of aromatic nitrogens is 1. The molecule has 148 valence electrons. The van der Waals surface area contributed by atoms with Gasteiger partial charge >= 0.3 is 5.97 Å². The van der Waals surface area contributed by atoms with Crippen LogP contribution in [0.4, 0.5) is 0 Å². The fourth-order valence-corrected chi connectivity index (χ4v) is 4.56. The minimum absolute atomic E-state index is 0.0000301. The first-order valence-corrected chi connectivity index (χ1v) is 10.3. The van der Waals surface area contributed by atoms with Crippen molar-refractivity contribution >= 4 is 37.7 Å². The number of phenols is 1. The smallest absolute Gasteiger partial charge is 0.322 e. The highest BCUT2D eigenvalue weighted by Crippen LogP contribution is 2.24. The molecule has 0 saturated carbocycles. The molecule has 4 aromatic rings. The molecule has 8 heteroatoms. The van der Waals surface area contributed by atoms with Crippen LogP contribution < -0.4 is 4.72 Å². The maximum absolute atomic E-state index is 12.8. The van der Waals surface area contributed by atoms with Crippen molar-refractivity contribution in [3.8, 4) is 5.75 Å². The molecule has 7 nitrogen and oxygen atoms in total. The van der Waals surface area contributed by atoms with Gasteiger partial charge in [0.1, 0.15) is 11.8 Å². The first-order valence-electron chi connectivity index (χ1n) is 8.86. The third kappa shape index (κ3) is 3.80. The van der Waals surface area contributed by atoms with E-state index in [2.05, 4.69) is 9.71 Å². The summed E-state index contributed by atoms with van der Waals surface area (Å²) < 4.78 is 27.9. The van der Waals surface area contributed by atoms with Gasteiger partial charge in [-0.25, -0.2) is 8.42 Å². The number of nitrogens with one attached hydrogen (secondary N) is 2. The number of aromatic hydroxyl groups is 1. The Morgan fingerprint density at radius 2 is 1.76 bits per heavy atom. The molecule has 4 N–H and O–H groups in total. The topological polar surface area (TPSA) is 119 Å². The maximum Gasteiger partial charge on any atom is 0.322 e. The number of H-pyrrole nitrogens is 1. The van der Waals surface area contributed by atoms with Crippen molar-refractivity contribution in [1.29, 1.82) is 0 Å². The second-order valence-electron chi connectivity index (χ2n) is 6.77. The largest absolute Gasteiger partial charge is 0.508 e. The predicted octanol–water partition coefficient (Wildman–Crippen LogP) is 3.00. The Bertz CT molecular complexity index is 1330. The Labute approximate surface area is 166 Å². The highest BCUT2D eigenvalue weighted by molar-refractivity contribution is 7.89. The lowest BCUT2D eigenvalue weighted by molar-refractivity contribution is -0.138. The number of hydrogen-bond acceptors (Lipinski definition) is 4. The summed E-state index contributed by atoms with van der Waals surface area (Å²) in [5.74, 6) is -1.18. The Balaban J connectivity index is 1.63. The van der Waals surface area contributed by atoms with Crippen LogP contribution in [-0.4, -0.2) is 35.6 Å². The number of carbonyl (C=O) groups is 1. The van der Waals surface area contributed by atoms with E-state index < -0.39 is 22.0 Å². The van der Waals surface area contributed by atoms with Crippen molar-refractivity contribution < 1.29 is 23.4 Å². The number of carboxylic acid groups (broad SMARTS) is 1. The number of hydrogen-bond donors (Lipinski definition) is 4. The normalized spacial score (nSPS) is 13.0. The van der Waals surface area contributed by atoms with Crippen molar-refractivity contribution in [1.82, 2.24) is 9.71 Å². The van der Waals surface area contributed by atoms with E-state index in [1.165, 1.54) is 24.3 Å². The first-order chi connectivity index (χ1) is 13.8. The van der Waals surface area contributed by atoms with Crippen LogP contribution in [-0.2, 0) is 21.2 Å². The quantitative estimate of drug-likeness (QED) is 0.390. The van der Waals surface area contributed by atoms with Gasteiger partial charge in [0.05, 0.1) is 4.90 Å². The molecule has 0 saturated heterocycles. The number of aromatic amines is 1. The van der Waals surface area contributed by atoms with Crippen LogP contribution in [0.5, 0.6) is 5.75 Å². The van der Waals surface area contributed by atoms with Crippen molar-refractivity contribution in [3.05, 3.63) is 72.4 Å². The summed E-state index contributed by atoms with van der Waals surface area (Å²) >= 11 is 0. The van der Waals surface area contributed by atoms with Crippen LogP contribution in [0, 0.1) is 0 Å². The molecular formula is C21H18N2O5S. The Hall–Kier alpha value is -3.36. The fourth-order valence-electron chi connectivity index (χ4n) is 3.33. The third-order valence-electron chi connectivity index (χ3n) is 4.80. The molecule has 0 aliphatic heterocycles. The van der Waals surface area contributed by atoms with E-state index in [9.17, 15) is 23.4 Å². The molecule has 3 aromatic carbocycles. The van der Waals surface area contributed by atoms with Crippen molar-refractivity contribution in [2.75, 3.05) is 0 Å². The van der Waals surface area contributed by atoms with Crippen LogP contribution in [0.2, 0.25) is 0 Å². The van der Waals surface area contributed by atoms with Crippen LogP contribution in [0.1, 0.15) is 5.56 Å². The Morgan fingerprint density at radius 3 is 2.55 bits per heavy atom. The van der Waals surface area contributed by atoms with E-state index in [0.717, 1.165) is 10.9 Å². The SMILES string of the molecule is O=C(O)[C@@H](Cc1c[nH]c2ccccc12)NS(=O)(=O)c1ccc2cc(O)ccc2c1. The van der Waals surface area contributed by atoms with E-state index in [1.54, 1.807) is 18.3 Å². The summed E-state index contributed by atoms with van der Waals surface area (Å²) in [5.41, 5.74) is 1.57. The molecule has 4 rings (SSSR count). The van der Waals surface area contributed by atoms with Crippen molar-refractivity contribution in [3.63, 3.8) is 0 Å². The molecule has 1 heterocycles. The number of rotatable bonds is 6. The van der Waals surface area contributed by atoms with E-state index in [-0.39, 0.29) is 17.1 Å². The van der Waals surface area contributed by atoms with E-state index in [1.807, 2.05) is 24.3 Å². The van der Waals surface area contributed by atoms with E-state index >= 15 is 0 Å². The minimum Gasteiger partial charge on any atom is -0.508 e. The highest BCUT2D eigenvalue weighted by Gasteiger charge is 2.26. The number of aliphatic carboxylic acids is 1. The monoisotopic (exact) mass is 410 g/mol. The maximum atomic E-state index is 12.8. The lowest BCUT2D eigenvalue weighted by atomic mass is 10.1. The Morgan fingerprint density at radius 1 is 1.03 bits per heavy atom. The van der Waals surface area contributed by atoms with E-state index in [0.29, 0.717) is 16.3 Å². The summed E-state index contributed by atoms with van der Waals surface area (Å²) in [4.78, 5) is 14.8. The second kappa shape index (κ2) is 7.23. The average molecular weight is 410 g/mol. The predicted molar refractivity (Wildman–Crippen MR) is 109 cm³/mol. The minimum atomic E-state index is -4.07. The third-order valence-corrected chi connectivity index (χ3v) is 6.27. The van der Waals surface area contributed by atoms with Crippen LogP contribution in [0.3, 0.4) is 0 Å². The number of fused-ring (bicyclic) bond motifs is 2. The molecule has 0 aliphatic carbocycles. The van der Waals surface area contributed by atoms with Crippen molar-refractivity contribution in [2.45, 2.75) is 17.4 Å². The number of benzene rings is 3. The van der Waals surface area contributed by atoms with Gasteiger partial charge < -0.3 is 15.2 Å².